The van der Waals surface area contributed by atoms with Crippen LogP contribution in [0, 0.1) is 0 Å². The van der Waals surface area contributed by atoms with Crippen LogP contribution >= 0.6 is 15.9 Å². The van der Waals surface area contributed by atoms with Crippen LogP contribution in [0.1, 0.15) is 45.6 Å². The third-order valence-electron chi connectivity index (χ3n) is 4.14. The predicted octanol–water partition coefficient (Wildman–Crippen LogP) is 3.65. The summed E-state index contributed by atoms with van der Waals surface area (Å²) >= 11 is 3.36. The van der Waals surface area contributed by atoms with Crippen molar-refractivity contribution in [3.8, 4) is 0 Å². The van der Waals surface area contributed by atoms with Crippen LogP contribution in [0.5, 0.6) is 0 Å². The van der Waals surface area contributed by atoms with Crippen molar-refractivity contribution in [2.24, 2.45) is 0 Å². The molecule has 1 amide bonds. The first-order valence-electron chi connectivity index (χ1n) is 8.77. The molecule has 26 heavy (non-hydrogen) atoms. The standard InChI is InChI=1S/C18H27BrN2O4S/c1-18(2,3)25-17(22)20-13-15-6-4-5-11-21(15)26(23,24)16-9-7-14(12-19)8-10-16/h7-10,15H,4-6,11-13H2,1-3H3,(H,20,22). The van der Waals surface area contributed by atoms with Crippen LogP contribution in [-0.4, -0.2) is 43.5 Å². The Morgan fingerprint density at radius 2 is 1.92 bits per heavy atom. The predicted molar refractivity (Wildman–Crippen MR) is 105 cm³/mol. The van der Waals surface area contributed by atoms with E-state index in [1.54, 1.807) is 45.0 Å². The molecule has 1 aromatic rings. The summed E-state index contributed by atoms with van der Waals surface area (Å²) in [5.41, 5.74) is 0.435. The molecule has 1 aliphatic heterocycles. The second-order valence-electron chi connectivity index (χ2n) is 7.43. The van der Waals surface area contributed by atoms with Gasteiger partial charge in [0.25, 0.3) is 0 Å². The summed E-state index contributed by atoms with van der Waals surface area (Å²) in [6, 6.07) is 6.62. The fourth-order valence-electron chi connectivity index (χ4n) is 2.90. The van der Waals surface area contributed by atoms with E-state index in [0.29, 0.717) is 18.3 Å². The second-order valence-corrected chi connectivity index (χ2v) is 9.88. The highest BCUT2D eigenvalue weighted by molar-refractivity contribution is 9.08. The number of halogens is 1. The summed E-state index contributed by atoms with van der Waals surface area (Å²) in [5.74, 6) is 0. The Labute approximate surface area is 164 Å². The van der Waals surface area contributed by atoms with E-state index in [2.05, 4.69) is 21.2 Å². The highest BCUT2D eigenvalue weighted by atomic mass is 79.9. The van der Waals surface area contributed by atoms with Crippen molar-refractivity contribution < 1.29 is 17.9 Å². The molecule has 0 saturated carbocycles. The van der Waals surface area contributed by atoms with E-state index in [9.17, 15) is 13.2 Å². The molecule has 8 heteroatoms. The molecule has 1 fully saturated rings. The maximum Gasteiger partial charge on any atom is 0.407 e. The van der Waals surface area contributed by atoms with Crippen LogP contribution < -0.4 is 5.32 Å². The highest BCUT2D eigenvalue weighted by Gasteiger charge is 2.33. The highest BCUT2D eigenvalue weighted by Crippen LogP contribution is 2.25. The minimum Gasteiger partial charge on any atom is -0.444 e. The number of sulfonamides is 1. The average molecular weight is 447 g/mol. The van der Waals surface area contributed by atoms with Gasteiger partial charge in [0.15, 0.2) is 0 Å². The monoisotopic (exact) mass is 446 g/mol. The molecule has 1 unspecified atom stereocenters. The lowest BCUT2D eigenvalue weighted by Gasteiger charge is -2.35. The van der Waals surface area contributed by atoms with Gasteiger partial charge in [0.1, 0.15) is 5.60 Å². The number of amides is 1. The second kappa shape index (κ2) is 8.71. The number of carbonyl (C=O) groups is 1. The Hall–Kier alpha value is -1.12. The van der Waals surface area contributed by atoms with E-state index < -0.39 is 21.7 Å². The minimum atomic E-state index is -3.59. The quantitative estimate of drug-likeness (QED) is 0.700. The maximum absolute atomic E-state index is 13.0. The lowest BCUT2D eigenvalue weighted by molar-refractivity contribution is 0.0512. The molecule has 1 N–H and O–H groups in total. The molecule has 6 nitrogen and oxygen atoms in total. The van der Waals surface area contributed by atoms with Gasteiger partial charge >= 0.3 is 6.09 Å². The number of alkyl halides is 1. The molecule has 0 bridgehead atoms. The first-order valence-corrected chi connectivity index (χ1v) is 11.3. The maximum atomic E-state index is 13.0. The molecule has 1 saturated heterocycles. The average Bonchev–Trinajstić information content (AvgIpc) is 2.59. The number of nitrogens with one attached hydrogen (secondary N) is 1. The topological polar surface area (TPSA) is 75.7 Å². The smallest absolute Gasteiger partial charge is 0.407 e. The van der Waals surface area contributed by atoms with Crippen molar-refractivity contribution in [1.82, 2.24) is 9.62 Å². The van der Waals surface area contributed by atoms with Crippen molar-refractivity contribution in [3.63, 3.8) is 0 Å². The van der Waals surface area contributed by atoms with Gasteiger partial charge < -0.3 is 10.1 Å². The van der Waals surface area contributed by atoms with Crippen LogP contribution in [0.2, 0.25) is 0 Å². The number of piperidine rings is 1. The van der Waals surface area contributed by atoms with E-state index in [-0.39, 0.29) is 17.5 Å². The number of carbonyl (C=O) groups excluding carboxylic acids is 1. The number of alkyl carbamates (subject to hydrolysis) is 1. The van der Waals surface area contributed by atoms with Gasteiger partial charge in [0, 0.05) is 24.5 Å². The summed E-state index contributed by atoms with van der Waals surface area (Å²) in [4.78, 5) is 12.2. The molecule has 2 rings (SSSR count). The number of nitrogens with zero attached hydrogens (tertiary/aromatic N) is 1. The van der Waals surface area contributed by atoms with Crippen LogP contribution in [0.25, 0.3) is 0 Å². The third kappa shape index (κ3) is 5.69. The van der Waals surface area contributed by atoms with Crippen LogP contribution in [0.15, 0.2) is 29.2 Å². The molecular weight excluding hydrogens is 420 g/mol. The molecule has 0 aromatic heterocycles. The van der Waals surface area contributed by atoms with Crippen molar-refractivity contribution >= 4 is 32.0 Å². The molecule has 1 aromatic carbocycles. The molecule has 0 radical (unpaired) electrons. The van der Waals surface area contributed by atoms with Gasteiger partial charge in [0.05, 0.1) is 4.90 Å². The van der Waals surface area contributed by atoms with E-state index in [4.69, 9.17) is 4.74 Å². The Bertz CT molecular complexity index is 714. The van der Waals surface area contributed by atoms with E-state index in [1.165, 1.54) is 4.31 Å². The van der Waals surface area contributed by atoms with Gasteiger partial charge in [-0.05, 0) is 51.3 Å². The fourth-order valence-corrected chi connectivity index (χ4v) is 4.96. The molecule has 1 aliphatic rings. The third-order valence-corrected chi connectivity index (χ3v) is 6.75. The fraction of sp³-hybridized carbons (Fsp3) is 0.611. The van der Waals surface area contributed by atoms with Crippen LogP contribution in [0.4, 0.5) is 4.79 Å². The molecule has 0 spiro atoms. The van der Waals surface area contributed by atoms with Gasteiger partial charge in [-0.25, -0.2) is 13.2 Å². The lowest BCUT2D eigenvalue weighted by atomic mass is 10.1. The first-order chi connectivity index (χ1) is 12.1. The van der Waals surface area contributed by atoms with E-state index in [1.807, 2.05) is 0 Å². The van der Waals surface area contributed by atoms with Gasteiger partial charge in [-0.3, -0.25) is 0 Å². The number of ether oxygens (including phenoxy) is 1. The Balaban J connectivity index is 2.10. The molecular formula is C18H27BrN2O4S. The minimum absolute atomic E-state index is 0.244. The molecule has 1 atom stereocenters. The van der Waals surface area contributed by atoms with Crippen molar-refractivity contribution in [2.45, 2.75) is 61.9 Å². The zero-order chi connectivity index (χ0) is 19.4. The Morgan fingerprint density at radius 1 is 1.27 bits per heavy atom. The van der Waals surface area contributed by atoms with E-state index >= 15 is 0 Å². The van der Waals surface area contributed by atoms with Crippen molar-refractivity contribution in [1.29, 1.82) is 0 Å². The molecule has 0 aliphatic carbocycles. The van der Waals surface area contributed by atoms with Crippen LogP contribution in [0.3, 0.4) is 0 Å². The van der Waals surface area contributed by atoms with Gasteiger partial charge in [-0.15, -0.1) is 0 Å². The molecule has 1 heterocycles. The van der Waals surface area contributed by atoms with E-state index in [0.717, 1.165) is 18.4 Å². The van der Waals surface area contributed by atoms with Crippen LogP contribution in [-0.2, 0) is 20.1 Å². The summed E-state index contributed by atoms with van der Waals surface area (Å²) in [6.45, 7) is 6.08. The Morgan fingerprint density at radius 3 is 2.50 bits per heavy atom. The number of rotatable bonds is 5. The van der Waals surface area contributed by atoms with Crippen molar-refractivity contribution in [2.75, 3.05) is 13.1 Å². The summed E-state index contributed by atoms with van der Waals surface area (Å²) < 4.78 is 32.8. The largest absolute Gasteiger partial charge is 0.444 e. The number of benzene rings is 1. The first kappa shape index (κ1) is 21.2. The van der Waals surface area contributed by atoms with Crippen molar-refractivity contribution in [3.05, 3.63) is 29.8 Å². The normalized spacial score (nSPS) is 19.2. The number of hydrogen-bond donors (Lipinski definition) is 1. The zero-order valence-electron chi connectivity index (χ0n) is 15.5. The molecule has 146 valence electrons. The van der Waals surface area contributed by atoms with Gasteiger partial charge in [-0.2, -0.15) is 4.31 Å². The Kier molecular flexibility index (Phi) is 7.10. The zero-order valence-corrected chi connectivity index (χ0v) is 17.9. The lowest BCUT2D eigenvalue weighted by Crippen LogP contribution is -2.49. The summed E-state index contributed by atoms with van der Waals surface area (Å²) in [6.07, 6.45) is 1.95. The summed E-state index contributed by atoms with van der Waals surface area (Å²) in [7, 11) is -3.59. The number of hydrogen-bond acceptors (Lipinski definition) is 4. The van der Waals surface area contributed by atoms with Gasteiger partial charge in [0.2, 0.25) is 10.0 Å². The SMILES string of the molecule is CC(C)(C)OC(=O)NCC1CCCCN1S(=O)(=O)c1ccc(CBr)cc1. The van der Waals surface area contributed by atoms with Gasteiger partial charge in [-0.1, -0.05) is 34.5 Å². The summed E-state index contributed by atoms with van der Waals surface area (Å²) in [5, 5.41) is 3.39.